The van der Waals surface area contributed by atoms with Gasteiger partial charge in [-0.1, -0.05) is 30.3 Å². The van der Waals surface area contributed by atoms with Crippen molar-refractivity contribution in [1.82, 2.24) is 10.2 Å². The van der Waals surface area contributed by atoms with Crippen LogP contribution in [0.5, 0.6) is 0 Å². The van der Waals surface area contributed by atoms with E-state index < -0.39 is 6.10 Å². The number of piperazine rings is 1. The van der Waals surface area contributed by atoms with Gasteiger partial charge in [-0.15, -0.1) is 0 Å². The number of hydrogen-bond acceptors (Lipinski definition) is 3. The first-order valence-corrected chi connectivity index (χ1v) is 5.90. The number of carbonyl (C=O) groups is 1. The summed E-state index contributed by atoms with van der Waals surface area (Å²) in [5.41, 5.74) is 0.915. The van der Waals surface area contributed by atoms with E-state index in [1.54, 1.807) is 7.11 Å². The van der Waals surface area contributed by atoms with Crippen LogP contribution in [-0.4, -0.2) is 44.1 Å². The topological polar surface area (TPSA) is 41.6 Å². The van der Waals surface area contributed by atoms with E-state index in [4.69, 9.17) is 4.74 Å². The van der Waals surface area contributed by atoms with Gasteiger partial charge in [0.05, 0.1) is 0 Å². The van der Waals surface area contributed by atoms with Crippen LogP contribution in [-0.2, 0) is 9.53 Å². The first kappa shape index (κ1) is 12.1. The van der Waals surface area contributed by atoms with Crippen LogP contribution in [0.1, 0.15) is 11.7 Å². The van der Waals surface area contributed by atoms with Crippen LogP contribution in [0.4, 0.5) is 0 Å². The fourth-order valence-electron chi connectivity index (χ4n) is 2.06. The maximum absolute atomic E-state index is 12.3. The Labute approximate surface area is 102 Å². The van der Waals surface area contributed by atoms with Crippen molar-refractivity contribution in [3.63, 3.8) is 0 Å². The molecule has 1 aliphatic heterocycles. The van der Waals surface area contributed by atoms with E-state index in [0.29, 0.717) is 0 Å². The lowest BCUT2D eigenvalue weighted by atomic mass is 10.1. The molecule has 0 saturated carbocycles. The molecule has 2 rings (SSSR count). The van der Waals surface area contributed by atoms with Gasteiger partial charge in [-0.25, -0.2) is 0 Å². The predicted octanol–water partition coefficient (Wildman–Crippen LogP) is 0.806. The molecule has 1 amide bonds. The molecule has 1 aliphatic rings. The average Bonchev–Trinajstić information content (AvgIpc) is 2.42. The third-order valence-corrected chi connectivity index (χ3v) is 2.99. The van der Waals surface area contributed by atoms with Crippen LogP contribution in [0.2, 0.25) is 0 Å². The van der Waals surface area contributed by atoms with Crippen LogP contribution in [0.25, 0.3) is 0 Å². The molecule has 0 unspecified atom stereocenters. The Kier molecular flexibility index (Phi) is 4.12. The zero-order valence-electron chi connectivity index (χ0n) is 10.1. The van der Waals surface area contributed by atoms with Gasteiger partial charge in [0, 0.05) is 33.3 Å². The summed E-state index contributed by atoms with van der Waals surface area (Å²) in [6.45, 7) is 3.23. The summed E-state index contributed by atoms with van der Waals surface area (Å²) in [4.78, 5) is 14.2. The SMILES string of the molecule is CO[C@@H](C(=O)N1CCNCC1)c1ccccc1. The molecule has 0 spiro atoms. The number of carbonyl (C=O) groups excluding carboxylic acids is 1. The number of benzene rings is 1. The molecule has 1 saturated heterocycles. The van der Waals surface area contributed by atoms with Crippen molar-refractivity contribution in [1.29, 1.82) is 0 Å². The molecule has 92 valence electrons. The van der Waals surface area contributed by atoms with Gasteiger partial charge in [0.15, 0.2) is 6.10 Å². The number of hydrogen-bond donors (Lipinski definition) is 1. The minimum Gasteiger partial charge on any atom is -0.367 e. The monoisotopic (exact) mass is 234 g/mol. The normalized spacial score (nSPS) is 17.8. The van der Waals surface area contributed by atoms with Crippen molar-refractivity contribution in [3.05, 3.63) is 35.9 Å². The largest absolute Gasteiger partial charge is 0.367 e. The first-order valence-electron chi connectivity index (χ1n) is 5.90. The Morgan fingerprint density at radius 1 is 1.29 bits per heavy atom. The van der Waals surface area contributed by atoms with Gasteiger partial charge in [-0.2, -0.15) is 0 Å². The number of amides is 1. The van der Waals surface area contributed by atoms with Crippen LogP contribution < -0.4 is 5.32 Å². The lowest BCUT2D eigenvalue weighted by Crippen LogP contribution is -2.48. The Morgan fingerprint density at radius 2 is 1.94 bits per heavy atom. The predicted molar refractivity (Wildman–Crippen MR) is 65.6 cm³/mol. The summed E-state index contributed by atoms with van der Waals surface area (Å²) >= 11 is 0. The third-order valence-electron chi connectivity index (χ3n) is 2.99. The molecule has 1 N–H and O–H groups in total. The van der Waals surface area contributed by atoms with Crippen molar-refractivity contribution in [3.8, 4) is 0 Å². The van der Waals surface area contributed by atoms with E-state index in [2.05, 4.69) is 5.32 Å². The van der Waals surface area contributed by atoms with Gasteiger partial charge < -0.3 is 15.0 Å². The van der Waals surface area contributed by atoms with Crippen molar-refractivity contribution >= 4 is 5.91 Å². The molecule has 1 heterocycles. The van der Waals surface area contributed by atoms with E-state index >= 15 is 0 Å². The molecule has 0 aliphatic carbocycles. The quantitative estimate of drug-likeness (QED) is 0.841. The number of rotatable bonds is 3. The lowest BCUT2D eigenvalue weighted by Gasteiger charge is -2.30. The highest BCUT2D eigenvalue weighted by Gasteiger charge is 2.26. The minimum atomic E-state index is -0.478. The van der Waals surface area contributed by atoms with Crippen molar-refractivity contribution < 1.29 is 9.53 Å². The van der Waals surface area contributed by atoms with Crippen molar-refractivity contribution in [2.45, 2.75) is 6.10 Å². The number of nitrogens with zero attached hydrogens (tertiary/aromatic N) is 1. The van der Waals surface area contributed by atoms with Crippen molar-refractivity contribution in [2.24, 2.45) is 0 Å². The fourth-order valence-corrected chi connectivity index (χ4v) is 2.06. The van der Waals surface area contributed by atoms with Crippen LogP contribution in [0, 0.1) is 0 Å². The van der Waals surface area contributed by atoms with E-state index in [1.807, 2.05) is 35.2 Å². The molecule has 4 nitrogen and oxygen atoms in total. The molecular weight excluding hydrogens is 216 g/mol. The van der Waals surface area contributed by atoms with E-state index in [1.165, 1.54) is 0 Å². The highest BCUT2D eigenvalue weighted by Crippen LogP contribution is 2.19. The average molecular weight is 234 g/mol. The van der Waals surface area contributed by atoms with Gasteiger partial charge in [0.1, 0.15) is 0 Å². The number of nitrogens with one attached hydrogen (secondary N) is 1. The molecule has 4 heteroatoms. The van der Waals surface area contributed by atoms with Gasteiger partial charge in [-0.3, -0.25) is 4.79 Å². The molecular formula is C13H18N2O2. The molecule has 1 fully saturated rings. The molecule has 0 bridgehead atoms. The van der Waals surface area contributed by atoms with Gasteiger partial charge >= 0.3 is 0 Å². The summed E-state index contributed by atoms with van der Waals surface area (Å²) in [7, 11) is 1.58. The molecule has 0 radical (unpaired) electrons. The molecule has 1 aromatic rings. The summed E-state index contributed by atoms with van der Waals surface area (Å²) in [6.07, 6.45) is -0.478. The maximum Gasteiger partial charge on any atom is 0.256 e. The second-order valence-electron chi connectivity index (χ2n) is 4.10. The standard InChI is InChI=1S/C13H18N2O2/c1-17-12(11-5-3-2-4-6-11)13(16)15-9-7-14-8-10-15/h2-6,12,14H,7-10H2,1H3/t12-/m1/s1. The van der Waals surface area contributed by atoms with Crippen molar-refractivity contribution in [2.75, 3.05) is 33.3 Å². The highest BCUT2D eigenvalue weighted by atomic mass is 16.5. The number of ether oxygens (including phenoxy) is 1. The highest BCUT2D eigenvalue weighted by molar-refractivity contribution is 5.82. The summed E-state index contributed by atoms with van der Waals surface area (Å²) in [5.74, 6) is 0.0557. The summed E-state index contributed by atoms with van der Waals surface area (Å²) < 4.78 is 5.34. The van der Waals surface area contributed by atoms with Crippen LogP contribution in [0.3, 0.4) is 0 Å². The van der Waals surface area contributed by atoms with Crippen LogP contribution in [0.15, 0.2) is 30.3 Å². The maximum atomic E-state index is 12.3. The van der Waals surface area contributed by atoms with E-state index in [9.17, 15) is 4.79 Å². The Hall–Kier alpha value is -1.39. The first-order chi connectivity index (χ1) is 8.33. The molecule has 0 aromatic heterocycles. The van der Waals surface area contributed by atoms with E-state index in [-0.39, 0.29) is 5.91 Å². The zero-order valence-corrected chi connectivity index (χ0v) is 10.1. The van der Waals surface area contributed by atoms with Gasteiger partial charge in [-0.05, 0) is 5.56 Å². The van der Waals surface area contributed by atoms with Crippen LogP contribution >= 0.6 is 0 Å². The number of methoxy groups -OCH3 is 1. The zero-order chi connectivity index (χ0) is 12.1. The minimum absolute atomic E-state index is 0.0557. The van der Waals surface area contributed by atoms with Gasteiger partial charge in [0.2, 0.25) is 0 Å². The Balaban J connectivity index is 2.10. The molecule has 17 heavy (non-hydrogen) atoms. The Morgan fingerprint density at radius 3 is 2.53 bits per heavy atom. The lowest BCUT2D eigenvalue weighted by molar-refractivity contribution is -0.143. The molecule has 1 aromatic carbocycles. The second-order valence-corrected chi connectivity index (χ2v) is 4.10. The second kappa shape index (κ2) is 5.80. The Bertz CT molecular complexity index is 361. The van der Waals surface area contributed by atoms with E-state index in [0.717, 1.165) is 31.7 Å². The van der Waals surface area contributed by atoms with Gasteiger partial charge in [0.25, 0.3) is 5.91 Å². The molecule has 1 atom stereocenters. The smallest absolute Gasteiger partial charge is 0.256 e. The third kappa shape index (κ3) is 2.84. The summed E-state index contributed by atoms with van der Waals surface area (Å²) in [6, 6.07) is 9.63. The summed E-state index contributed by atoms with van der Waals surface area (Å²) in [5, 5.41) is 3.23. The fraction of sp³-hybridized carbons (Fsp3) is 0.462.